The molecule has 0 fully saturated rings. The van der Waals surface area contributed by atoms with Crippen molar-refractivity contribution in [2.45, 2.75) is 26.7 Å². The number of nitrogens with zero attached hydrogens (tertiary/aromatic N) is 2. The number of hydrogen-bond acceptors (Lipinski definition) is 4. The summed E-state index contributed by atoms with van der Waals surface area (Å²) in [5.74, 6) is 0.419. The largest absolute Gasteiger partial charge is 0.495 e. The Labute approximate surface area is 134 Å². The van der Waals surface area contributed by atoms with E-state index in [1.165, 1.54) is 7.11 Å². The molecule has 0 aliphatic rings. The number of rotatable bonds is 4. The number of halogens is 1. The molecule has 0 bridgehead atoms. The lowest BCUT2D eigenvalue weighted by Gasteiger charge is -2.12. The van der Waals surface area contributed by atoms with Gasteiger partial charge in [0.05, 0.1) is 18.5 Å². The molecule has 0 aliphatic carbocycles. The minimum Gasteiger partial charge on any atom is -0.495 e. The summed E-state index contributed by atoms with van der Waals surface area (Å²) in [4.78, 5) is 12.3. The van der Waals surface area contributed by atoms with Gasteiger partial charge in [-0.3, -0.25) is 4.79 Å². The third-order valence-electron chi connectivity index (χ3n) is 3.24. The summed E-state index contributed by atoms with van der Waals surface area (Å²) in [7, 11) is 1.52. The maximum atomic E-state index is 12.3. The van der Waals surface area contributed by atoms with Crippen molar-refractivity contribution in [3.05, 3.63) is 46.2 Å². The van der Waals surface area contributed by atoms with Crippen molar-refractivity contribution in [1.29, 1.82) is 0 Å². The third-order valence-corrected chi connectivity index (χ3v) is 3.65. The number of ether oxygens (including phenoxy) is 1. The van der Waals surface area contributed by atoms with E-state index < -0.39 is 0 Å². The molecule has 0 saturated carbocycles. The van der Waals surface area contributed by atoms with E-state index in [0.717, 1.165) is 11.3 Å². The average Bonchev–Trinajstić information content (AvgIpc) is 2.50. The molecule has 1 heterocycles. The number of benzene rings is 1. The van der Waals surface area contributed by atoms with E-state index in [4.69, 9.17) is 16.3 Å². The average molecular weight is 320 g/mol. The second-order valence-electron chi connectivity index (χ2n) is 5.25. The fourth-order valence-corrected chi connectivity index (χ4v) is 2.04. The van der Waals surface area contributed by atoms with Crippen LogP contribution in [0.15, 0.2) is 24.3 Å². The molecule has 1 N–H and O–H groups in total. The first-order valence-corrected chi connectivity index (χ1v) is 7.29. The molecule has 5 nitrogen and oxygen atoms in total. The van der Waals surface area contributed by atoms with Gasteiger partial charge in [-0.2, -0.15) is 5.10 Å². The summed E-state index contributed by atoms with van der Waals surface area (Å²) in [6, 6.07) is 6.89. The van der Waals surface area contributed by atoms with Crippen molar-refractivity contribution >= 4 is 23.2 Å². The summed E-state index contributed by atoms with van der Waals surface area (Å²) in [6.07, 6.45) is 0. The maximum absolute atomic E-state index is 12.3. The highest BCUT2D eigenvalue weighted by Crippen LogP contribution is 2.31. The van der Waals surface area contributed by atoms with Gasteiger partial charge in [0.25, 0.3) is 5.91 Å². The normalized spacial score (nSPS) is 10.6. The second kappa shape index (κ2) is 6.75. The molecule has 6 heteroatoms. The first-order valence-electron chi connectivity index (χ1n) is 6.91. The molecule has 1 aromatic carbocycles. The topological polar surface area (TPSA) is 64.1 Å². The van der Waals surface area contributed by atoms with E-state index in [2.05, 4.69) is 15.5 Å². The smallest absolute Gasteiger partial charge is 0.276 e. The number of amides is 1. The molecule has 1 aromatic heterocycles. The first kappa shape index (κ1) is 16.2. The fraction of sp³-hybridized carbons (Fsp3) is 0.312. The maximum Gasteiger partial charge on any atom is 0.276 e. The molecular formula is C16H18ClN3O2. The van der Waals surface area contributed by atoms with E-state index in [0.29, 0.717) is 16.5 Å². The number of nitrogens with one attached hydrogen (secondary N) is 1. The van der Waals surface area contributed by atoms with E-state index in [9.17, 15) is 4.79 Å². The van der Waals surface area contributed by atoms with Crippen molar-refractivity contribution in [2.75, 3.05) is 12.4 Å². The second-order valence-corrected chi connectivity index (χ2v) is 5.66. The van der Waals surface area contributed by atoms with Gasteiger partial charge in [0.15, 0.2) is 5.69 Å². The summed E-state index contributed by atoms with van der Waals surface area (Å²) < 4.78 is 5.23. The van der Waals surface area contributed by atoms with Crippen LogP contribution in [0.3, 0.4) is 0 Å². The van der Waals surface area contributed by atoms with Gasteiger partial charge in [-0.25, -0.2) is 0 Å². The molecule has 0 aliphatic heterocycles. The highest BCUT2D eigenvalue weighted by molar-refractivity contribution is 6.31. The standard InChI is InChI=1S/C16H18ClN3O2/c1-9(2)12-5-6-13(20-19-12)16(21)18-14-7-10(3)11(17)8-15(14)22-4/h5-9H,1-4H3,(H,18,21). The zero-order valence-corrected chi connectivity index (χ0v) is 13.7. The number of anilines is 1. The third kappa shape index (κ3) is 3.54. The first-order chi connectivity index (χ1) is 10.4. The monoisotopic (exact) mass is 319 g/mol. The van der Waals surface area contributed by atoms with Crippen LogP contribution >= 0.6 is 11.6 Å². The van der Waals surface area contributed by atoms with Gasteiger partial charge < -0.3 is 10.1 Å². The van der Waals surface area contributed by atoms with Gasteiger partial charge in [-0.15, -0.1) is 5.10 Å². The zero-order chi connectivity index (χ0) is 16.3. The fourth-order valence-electron chi connectivity index (χ4n) is 1.89. The summed E-state index contributed by atoms with van der Waals surface area (Å²) >= 11 is 6.05. The Bertz CT molecular complexity index is 685. The summed E-state index contributed by atoms with van der Waals surface area (Å²) in [6.45, 7) is 5.89. The minimum atomic E-state index is -0.345. The van der Waals surface area contributed by atoms with Crippen molar-refractivity contribution in [3.8, 4) is 5.75 Å². The van der Waals surface area contributed by atoms with Gasteiger partial charge in [0.1, 0.15) is 5.75 Å². The van der Waals surface area contributed by atoms with Gasteiger partial charge in [-0.1, -0.05) is 25.4 Å². The molecule has 0 unspecified atom stereocenters. The van der Waals surface area contributed by atoms with Crippen molar-refractivity contribution in [2.24, 2.45) is 0 Å². The molecule has 2 rings (SSSR count). The minimum absolute atomic E-state index is 0.249. The van der Waals surface area contributed by atoms with Crippen LogP contribution in [0.2, 0.25) is 5.02 Å². The van der Waals surface area contributed by atoms with Gasteiger partial charge in [-0.05, 0) is 36.6 Å². The summed E-state index contributed by atoms with van der Waals surface area (Å²) in [5, 5.41) is 11.4. The Morgan fingerprint density at radius 2 is 2.00 bits per heavy atom. The Kier molecular flexibility index (Phi) is 4.98. The molecule has 0 atom stereocenters. The predicted molar refractivity (Wildman–Crippen MR) is 86.8 cm³/mol. The van der Waals surface area contributed by atoms with E-state index in [-0.39, 0.29) is 17.5 Å². The van der Waals surface area contributed by atoms with Crippen LogP contribution in [0.25, 0.3) is 0 Å². The van der Waals surface area contributed by atoms with E-state index >= 15 is 0 Å². The lowest BCUT2D eigenvalue weighted by atomic mass is 10.1. The number of hydrogen-bond donors (Lipinski definition) is 1. The lowest BCUT2D eigenvalue weighted by Crippen LogP contribution is -2.15. The molecule has 0 radical (unpaired) electrons. The van der Waals surface area contributed by atoms with Crippen LogP contribution in [-0.4, -0.2) is 23.2 Å². The van der Waals surface area contributed by atoms with Gasteiger partial charge >= 0.3 is 0 Å². The Hall–Kier alpha value is -2.14. The van der Waals surface area contributed by atoms with Crippen LogP contribution in [-0.2, 0) is 0 Å². The van der Waals surface area contributed by atoms with Gasteiger partial charge in [0, 0.05) is 11.1 Å². The van der Waals surface area contributed by atoms with Crippen molar-refractivity contribution in [3.63, 3.8) is 0 Å². The Morgan fingerprint density at radius 3 is 2.55 bits per heavy atom. The molecule has 0 spiro atoms. The number of aryl methyl sites for hydroxylation is 1. The molecule has 0 saturated heterocycles. The predicted octanol–water partition coefficient (Wildman–Crippen LogP) is 3.82. The van der Waals surface area contributed by atoms with Crippen LogP contribution < -0.4 is 10.1 Å². The van der Waals surface area contributed by atoms with Crippen LogP contribution in [0.5, 0.6) is 5.75 Å². The van der Waals surface area contributed by atoms with Crippen LogP contribution in [0.4, 0.5) is 5.69 Å². The van der Waals surface area contributed by atoms with E-state index in [1.807, 2.05) is 20.8 Å². The van der Waals surface area contributed by atoms with Crippen LogP contribution in [0.1, 0.15) is 41.5 Å². The molecular weight excluding hydrogens is 302 g/mol. The molecule has 2 aromatic rings. The SMILES string of the molecule is COc1cc(Cl)c(C)cc1NC(=O)c1ccc(C(C)C)nn1. The Morgan fingerprint density at radius 1 is 1.27 bits per heavy atom. The Balaban J connectivity index is 2.23. The lowest BCUT2D eigenvalue weighted by molar-refractivity contribution is 0.102. The number of carbonyl (C=O) groups excluding carboxylic acids is 1. The molecule has 116 valence electrons. The number of aromatic nitrogens is 2. The van der Waals surface area contributed by atoms with Crippen molar-refractivity contribution in [1.82, 2.24) is 10.2 Å². The van der Waals surface area contributed by atoms with Crippen molar-refractivity contribution < 1.29 is 9.53 Å². The van der Waals surface area contributed by atoms with Crippen LogP contribution in [0, 0.1) is 6.92 Å². The highest BCUT2D eigenvalue weighted by atomic mass is 35.5. The quantitative estimate of drug-likeness (QED) is 0.930. The number of carbonyl (C=O) groups is 1. The van der Waals surface area contributed by atoms with Gasteiger partial charge in [0.2, 0.25) is 0 Å². The molecule has 22 heavy (non-hydrogen) atoms. The highest BCUT2D eigenvalue weighted by Gasteiger charge is 2.14. The zero-order valence-electron chi connectivity index (χ0n) is 13.0. The summed E-state index contributed by atoms with van der Waals surface area (Å²) in [5.41, 5.74) is 2.48. The molecule has 1 amide bonds. The van der Waals surface area contributed by atoms with E-state index in [1.54, 1.807) is 24.3 Å². The number of methoxy groups -OCH3 is 1.